The smallest absolute Gasteiger partial charge is 0.416 e. The molecule has 0 unspecified atom stereocenters. The Morgan fingerprint density at radius 3 is 2.74 bits per heavy atom. The van der Waals surface area contributed by atoms with Crippen LogP contribution in [0.1, 0.15) is 16.8 Å². The summed E-state index contributed by atoms with van der Waals surface area (Å²) in [4.78, 5) is 11.6. The van der Waals surface area contributed by atoms with Crippen molar-refractivity contribution in [2.75, 3.05) is 20.3 Å². The molecule has 144 valence electrons. The van der Waals surface area contributed by atoms with E-state index in [1.807, 2.05) is 6.92 Å². The lowest BCUT2D eigenvalue weighted by molar-refractivity contribution is -0.137. The Balaban J connectivity index is 1.72. The van der Waals surface area contributed by atoms with Crippen LogP contribution in [0.4, 0.5) is 13.2 Å². The number of fused-ring (bicyclic) bond motifs is 1. The standard InChI is InChI=1S/C18H18F3N3O2S/c1-11-15(22-6-5-16(11)26-8-7-25-2)10-27-17-23-13-4-3-12(18(19,20)21)9-14(13)24-17/h3-6,9H,7-8,10H2,1-2H3,(H,23,24). The second kappa shape index (κ2) is 8.18. The lowest BCUT2D eigenvalue weighted by Gasteiger charge is -2.11. The molecule has 0 spiro atoms. The van der Waals surface area contributed by atoms with Crippen LogP contribution in [0, 0.1) is 6.92 Å². The molecule has 0 bridgehead atoms. The van der Waals surface area contributed by atoms with Gasteiger partial charge < -0.3 is 14.5 Å². The lowest BCUT2D eigenvalue weighted by Crippen LogP contribution is -2.06. The van der Waals surface area contributed by atoms with E-state index in [1.54, 1.807) is 19.4 Å². The number of ether oxygens (including phenoxy) is 2. The Morgan fingerprint density at radius 1 is 1.19 bits per heavy atom. The molecule has 9 heteroatoms. The lowest BCUT2D eigenvalue weighted by atomic mass is 10.2. The molecule has 3 aromatic rings. The minimum Gasteiger partial charge on any atom is -0.491 e. The second-order valence-electron chi connectivity index (χ2n) is 5.78. The molecule has 0 amide bonds. The SMILES string of the molecule is COCCOc1ccnc(CSc2nc3ccc(C(F)(F)F)cc3[nH]2)c1C. The number of alkyl halides is 3. The summed E-state index contributed by atoms with van der Waals surface area (Å²) >= 11 is 1.37. The van der Waals surface area contributed by atoms with E-state index in [2.05, 4.69) is 15.0 Å². The molecule has 1 aromatic carbocycles. The molecule has 0 aliphatic heterocycles. The van der Waals surface area contributed by atoms with E-state index in [1.165, 1.54) is 17.8 Å². The number of nitrogens with zero attached hydrogens (tertiary/aromatic N) is 2. The zero-order valence-corrected chi connectivity index (χ0v) is 15.6. The number of benzene rings is 1. The molecule has 0 aliphatic carbocycles. The summed E-state index contributed by atoms with van der Waals surface area (Å²) in [5.74, 6) is 1.25. The Kier molecular flexibility index (Phi) is 5.91. The predicted octanol–water partition coefficient (Wildman–Crippen LogP) is 4.60. The zero-order chi connectivity index (χ0) is 19.4. The maximum Gasteiger partial charge on any atom is 0.416 e. The molecule has 0 saturated heterocycles. The number of hydrogen-bond acceptors (Lipinski definition) is 5. The van der Waals surface area contributed by atoms with E-state index in [0.29, 0.717) is 35.2 Å². The number of rotatable bonds is 7. The normalized spacial score (nSPS) is 11.9. The van der Waals surface area contributed by atoms with Gasteiger partial charge in [0.05, 0.1) is 28.9 Å². The van der Waals surface area contributed by atoms with Crippen molar-refractivity contribution in [1.82, 2.24) is 15.0 Å². The van der Waals surface area contributed by atoms with Crippen LogP contribution in [-0.4, -0.2) is 35.3 Å². The molecule has 2 heterocycles. The van der Waals surface area contributed by atoms with Crippen molar-refractivity contribution in [3.05, 3.63) is 47.3 Å². The van der Waals surface area contributed by atoms with Crippen LogP contribution in [0.2, 0.25) is 0 Å². The molecule has 27 heavy (non-hydrogen) atoms. The van der Waals surface area contributed by atoms with Gasteiger partial charge in [-0.05, 0) is 31.2 Å². The highest BCUT2D eigenvalue weighted by molar-refractivity contribution is 7.98. The van der Waals surface area contributed by atoms with E-state index in [0.717, 1.165) is 29.1 Å². The third kappa shape index (κ3) is 4.72. The number of imidazole rings is 1. The number of thioether (sulfide) groups is 1. The average molecular weight is 397 g/mol. The van der Waals surface area contributed by atoms with Crippen LogP contribution in [0.25, 0.3) is 11.0 Å². The van der Waals surface area contributed by atoms with Gasteiger partial charge in [0.25, 0.3) is 0 Å². The van der Waals surface area contributed by atoms with Crippen LogP contribution < -0.4 is 4.74 Å². The first kappa shape index (κ1) is 19.5. The molecule has 3 rings (SSSR count). The molecule has 0 atom stereocenters. The van der Waals surface area contributed by atoms with E-state index >= 15 is 0 Å². The van der Waals surface area contributed by atoms with Crippen molar-refractivity contribution in [2.45, 2.75) is 24.0 Å². The van der Waals surface area contributed by atoms with Crippen molar-refractivity contribution in [3.63, 3.8) is 0 Å². The highest BCUT2D eigenvalue weighted by atomic mass is 32.2. The topological polar surface area (TPSA) is 60.0 Å². The van der Waals surface area contributed by atoms with Crippen LogP contribution >= 0.6 is 11.8 Å². The maximum absolute atomic E-state index is 12.8. The van der Waals surface area contributed by atoms with Gasteiger partial charge in [-0.25, -0.2) is 4.98 Å². The summed E-state index contributed by atoms with van der Waals surface area (Å²) in [6.07, 6.45) is -2.71. The van der Waals surface area contributed by atoms with Crippen molar-refractivity contribution in [2.24, 2.45) is 0 Å². The van der Waals surface area contributed by atoms with E-state index < -0.39 is 11.7 Å². The third-order valence-electron chi connectivity index (χ3n) is 3.94. The highest BCUT2D eigenvalue weighted by Crippen LogP contribution is 2.32. The van der Waals surface area contributed by atoms with Crippen LogP contribution in [0.3, 0.4) is 0 Å². The monoisotopic (exact) mass is 397 g/mol. The quantitative estimate of drug-likeness (QED) is 0.466. The summed E-state index contributed by atoms with van der Waals surface area (Å²) in [5.41, 5.74) is 1.89. The Hall–Kier alpha value is -2.26. The number of aromatic nitrogens is 3. The molecular formula is C18H18F3N3O2S. The molecule has 0 aliphatic rings. The van der Waals surface area contributed by atoms with Gasteiger partial charge >= 0.3 is 6.18 Å². The number of nitrogens with one attached hydrogen (secondary N) is 1. The average Bonchev–Trinajstić information content (AvgIpc) is 3.03. The van der Waals surface area contributed by atoms with Crippen molar-refractivity contribution >= 4 is 22.8 Å². The number of H-pyrrole nitrogens is 1. The summed E-state index contributed by atoms with van der Waals surface area (Å²) in [7, 11) is 1.61. The fourth-order valence-corrected chi connectivity index (χ4v) is 3.37. The minimum absolute atomic E-state index is 0.355. The van der Waals surface area contributed by atoms with Crippen molar-refractivity contribution < 1.29 is 22.6 Å². The van der Waals surface area contributed by atoms with E-state index in [-0.39, 0.29) is 0 Å². The molecule has 0 fully saturated rings. The maximum atomic E-state index is 12.8. The first-order chi connectivity index (χ1) is 12.9. The van der Waals surface area contributed by atoms with Crippen LogP contribution in [0.5, 0.6) is 5.75 Å². The molecule has 2 aromatic heterocycles. The predicted molar refractivity (Wildman–Crippen MR) is 97.0 cm³/mol. The van der Waals surface area contributed by atoms with Crippen LogP contribution in [0.15, 0.2) is 35.6 Å². The van der Waals surface area contributed by atoms with Crippen molar-refractivity contribution in [1.29, 1.82) is 0 Å². The molecule has 0 saturated carbocycles. The Bertz CT molecular complexity index is 928. The molecular weight excluding hydrogens is 379 g/mol. The summed E-state index contributed by atoms with van der Waals surface area (Å²) in [5, 5.41) is 0.538. The van der Waals surface area contributed by atoms with Crippen LogP contribution in [-0.2, 0) is 16.7 Å². The number of hydrogen-bond donors (Lipinski definition) is 1. The van der Waals surface area contributed by atoms with E-state index in [4.69, 9.17) is 9.47 Å². The van der Waals surface area contributed by atoms with E-state index in [9.17, 15) is 13.2 Å². The zero-order valence-electron chi connectivity index (χ0n) is 14.8. The van der Waals surface area contributed by atoms with Gasteiger partial charge in [0.15, 0.2) is 5.16 Å². The number of pyridine rings is 1. The number of methoxy groups -OCH3 is 1. The largest absolute Gasteiger partial charge is 0.491 e. The summed E-state index contributed by atoms with van der Waals surface area (Å²) in [6.45, 7) is 2.85. The van der Waals surface area contributed by atoms with Gasteiger partial charge in [-0.15, -0.1) is 0 Å². The highest BCUT2D eigenvalue weighted by Gasteiger charge is 2.30. The second-order valence-corrected chi connectivity index (χ2v) is 6.75. The van der Waals surface area contributed by atoms with Crippen molar-refractivity contribution in [3.8, 4) is 5.75 Å². The van der Waals surface area contributed by atoms with Gasteiger partial charge in [-0.3, -0.25) is 4.98 Å². The van der Waals surface area contributed by atoms with Gasteiger partial charge in [0, 0.05) is 24.6 Å². The fraction of sp³-hybridized carbons (Fsp3) is 0.333. The third-order valence-corrected chi connectivity index (χ3v) is 4.82. The first-order valence-corrected chi connectivity index (χ1v) is 9.13. The first-order valence-electron chi connectivity index (χ1n) is 8.14. The van der Waals surface area contributed by atoms with Gasteiger partial charge in [0.2, 0.25) is 0 Å². The molecule has 5 nitrogen and oxygen atoms in total. The fourth-order valence-electron chi connectivity index (χ4n) is 2.46. The molecule has 0 radical (unpaired) electrons. The summed E-state index contributed by atoms with van der Waals surface area (Å²) in [6, 6.07) is 5.26. The van der Waals surface area contributed by atoms with Gasteiger partial charge in [-0.2, -0.15) is 13.2 Å². The Labute approximate surface area is 158 Å². The van der Waals surface area contributed by atoms with Gasteiger partial charge in [-0.1, -0.05) is 11.8 Å². The van der Waals surface area contributed by atoms with Gasteiger partial charge in [0.1, 0.15) is 12.4 Å². The number of halogens is 3. The Morgan fingerprint density at radius 2 is 2.00 bits per heavy atom. The molecule has 1 N–H and O–H groups in total. The minimum atomic E-state index is -4.38. The summed E-state index contributed by atoms with van der Waals surface area (Å²) < 4.78 is 49.1. The number of aromatic amines is 1.